The van der Waals surface area contributed by atoms with Gasteiger partial charge in [-0.15, -0.1) is 11.3 Å². The van der Waals surface area contributed by atoms with E-state index in [-0.39, 0.29) is 0 Å². The molecule has 5 heteroatoms. The fraction of sp³-hybridized carbons (Fsp3) is 0.667. The Morgan fingerprint density at radius 2 is 2.06 bits per heavy atom. The highest BCUT2D eigenvalue weighted by Gasteiger charge is 2.28. The van der Waals surface area contributed by atoms with Crippen LogP contribution in [-0.2, 0) is 0 Å². The molecule has 17 heavy (non-hydrogen) atoms. The summed E-state index contributed by atoms with van der Waals surface area (Å²) in [7, 11) is 0. The summed E-state index contributed by atoms with van der Waals surface area (Å²) in [6.07, 6.45) is 0. The normalized spacial score (nSPS) is 28.2. The molecule has 1 saturated heterocycles. The second-order valence-electron chi connectivity index (χ2n) is 4.60. The summed E-state index contributed by atoms with van der Waals surface area (Å²) >= 11 is 9.73. The summed E-state index contributed by atoms with van der Waals surface area (Å²) in [5, 5.41) is 1.37. The molecule has 0 saturated carbocycles. The van der Waals surface area contributed by atoms with Crippen LogP contribution in [0.4, 0.5) is 0 Å². The number of rotatable bonds is 3. The first kappa shape index (κ1) is 13.7. The van der Waals surface area contributed by atoms with Crippen LogP contribution in [0.5, 0.6) is 0 Å². The third-order valence-corrected chi connectivity index (χ3v) is 5.59. The Labute approximate surface area is 117 Å². The molecule has 1 aliphatic heterocycles. The van der Waals surface area contributed by atoms with Gasteiger partial charge in [0.05, 0.1) is 10.4 Å². The molecule has 2 heterocycles. The summed E-state index contributed by atoms with van der Waals surface area (Å²) in [5.74, 6) is 0. The van der Waals surface area contributed by atoms with Crippen LogP contribution in [0.3, 0.4) is 0 Å². The van der Waals surface area contributed by atoms with Crippen molar-refractivity contribution in [2.45, 2.75) is 30.4 Å². The van der Waals surface area contributed by atoms with E-state index in [1.807, 2.05) is 6.07 Å². The van der Waals surface area contributed by atoms with Crippen LogP contribution in [0.15, 0.2) is 12.1 Å². The maximum absolute atomic E-state index is 6.01. The molecule has 1 fully saturated rings. The van der Waals surface area contributed by atoms with Crippen molar-refractivity contribution in [3.8, 4) is 0 Å². The molecule has 1 aliphatic rings. The summed E-state index contributed by atoms with van der Waals surface area (Å²) in [6.45, 7) is 7.49. The number of halogens is 1. The van der Waals surface area contributed by atoms with E-state index >= 15 is 0 Å². The predicted molar refractivity (Wildman–Crippen MR) is 79.2 cm³/mol. The number of nitrogens with two attached hydrogens (primary N) is 1. The van der Waals surface area contributed by atoms with Gasteiger partial charge < -0.3 is 5.73 Å². The van der Waals surface area contributed by atoms with Crippen molar-refractivity contribution in [1.29, 1.82) is 0 Å². The second kappa shape index (κ2) is 5.93. The van der Waals surface area contributed by atoms with Crippen LogP contribution in [0.1, 0.15) is 24.8 Å². The lowest BCUT2D eigenvalue weighted by Crippen LogP contribution is -2.44. The van der Waals surface area contributed by atoms with Crippen molar-refractivity contribution in [2.24, 2.45) is 5.73 Å². The van der Waals surface area contributed by atoms with Gasteiger partial charge in [0.15, 0.2) is 0 Å². The first-order valence-electron chi connectivity index (χ1n) is 5.95. The van der Waals surface area contributed by atoms with E-state index in [2.05, 4.69) is 36.6 Å². The van der Waals surface area contributed by atoms with Crippen molar-refractivity contribution in [3.63, 3.8) is 0 Å². The lowest BCUT2D eigenvalue weighted by molar-refractivity contribution is 0.202. The molecule has 1 aromatic rings. The summed E-state index contributed by atoms with van der Waals surface area (Å²) in [4.78, 5) is 3.80. The summed E-state index contributed by atoms with van der Waals surface area (Å²) < 4.78 is 0.853. The summed E-state index contributed by atoms with van der Waals surface area (Å²) in [5.41, 5.74) is 5.95. The Morgan fingerprint density at radius 1 is 1.41 bits per heavy atom. The lowest BCUT2D eigenvalue weighted by Gasteiger charge is -2.39. The van der Waals surface area contributed by atoms with Gasteiger partial charge in [0.2, 0.25) is 0 Å². The first-order chi connectivity index (χ1) is 8.10. The molecule has 0 aromatic carbocycles. The number of hydrogen-bond donors (Lipinski definition) is 1. The molecule has 0 radical (unpaired) electrons. The van der Waals surface area contributed by atoms with E-state index in [4.69, 9.17) is 17.3 Å². The Morgan fingerprint density at radius 3 is 2.53 bits per heavy atom. The van der Waals surface area contributed by atoms with E-state index < -0.39 is 0 Å². The molecule has 1 aromatic heterocycles. The van der Waals surface area contributed by atoms with Crippen LogP contribution in [0.2, 0.25) is 4.34 Å². The van der Waals surface area contributed by atoms with Crippen molar-refractivity contribution in [2.75, 3.05) is 19.6 Å². The van der Waals surface area contributed by atoms with Gasteiger partial charge in [0.25, 0.3) is 0 Å². The van der Waals surface area contributed by atoms with Crippen molar-refractivity contribution >= 4 is 34.7 Å². The van der Waals surface area contributed by atoms with Crippen molar-refractivity contribution in [1.82, 2.24) is 4.90 Å². The average molecular weight is 291 g/mol. The van der Waals surface area contributed by atoms with Gasteiger partial charge in [0, 0.05) is 35.0 Å². The Kier molecular flexibility index (Phi) is 4.78. The molecule has 2 rings (SSSR count). The van der Waals surface area contributed by atoms with Crippen LogP contribution in [-0.4, -0.2) is 35.0 Å². The summed E-state index contributed by atoms with van der Waals surface area (Å²) in [6, 6.07) is 4.41. The van der Waals surface area contributed by atoms with Gasteiger partial charge >= 0.3 is 0 Å². The van der Waals surface area contributed by atoms with Gasteiger partial charge in [0.1, 0.15) is 0 Å². The monoisotopic (exact) mass is 290 g/mol. The van der Waals surface area contributed by atoms with Crippen LogP contribution >= 0.6 is 34.7 Å². The molecule has 3 atom stereocenters. The maximum atomic E-state index is 6.01. The first-order valence-corrected chi connectivity index (χ1v) is 8.08. The highest BCUT2D eigenvalue weighted by Crippen LogP contribution is 2.34. The highest BCUT2D eigenvalue weighted by molar-refractivity contribution is 8.00. The van der Waals surface area contributed by atoms with E-state index in [9.17, 15) is 0 Å². The maximum Gasteiger partial charge on any atom is 0.0931 e. The van der Waals surface area contributed by atoms with E-state index in [1.165, 1.54) is 4.88 Å². The van der Waals surface area contributed by atoms with Gasteiger partial charge in [-0.3, -0.25) is 4.90 Å². The highest BCUT2D eigenvalue weighted by atomic mass is 35.5. The van der Waals surface area contributed by atoms with Gasteiger partial charge in [-0.1, -0.05) is 25.4 Å². The Bertz CT molecular complexity index is 359. The molecule has 3 unspecified atom stereocenters. The minimum atomic E-state index is 0.332. The lowest BCUT2D eigenvalue weighted by atomic mass is 10.1. The van der Waals surface area contributed by atoms with Gasteiger partial charge in [-0.25, -0.2) is 0 Å². The second-order valence-corrected chi connectivity index (χ2v) is 8.23. The molecule has 0 bridgehead atoms. The molecular formula is C12H19ClN2S2. The number of nitrogens with zero attached hydrogens (tertiary/aromatic N) is 1. The van der Waals surface area contributed by atoms with Crippen molar-refractivity contribution in [3.05, 3.63) is 21.3 Å². The van der Waals surface area contributed by atoms with Gasteiger partial charge in [-0.05, 0) is 12.1 Å². The SMILES string of the molecule is CC1CN(C(CN)c2ccc(Cl)s2)CC(C)S1. The van der Waals surface area contributed by atoms with Crippen molar-refractivity contribution < 1.29 is 0 Å². The molecule has 2 nitrogen and oxygen atoms in total. The molecule has 0 aliphatic carbocycles. The van der Waals surface area contributed by atoms with E-state index in [0.717, 1.165) is 17.4 Å². The number of hydrogen-bond acceptors (Lipinski definition) is 4. The molecule has 96 valence electrons. The minimum Gasteiger partial charge on any atom is -0.329 e. The largest absolute Gasteiger partial charge is 0.329 e. The molecule has 0 amide bonds. The molecular weight excluding hydrogens is 272 g/mol. The van der Waals surface area contributed by atoms with E-state index in [1.54, 1.807) is 11.3 Å². The topological polar surface area (TPSA) is 29.3 Å². The predicted octanol–water partition coefficient (Wildman–Crippen LogP) is 3.23. The Hall–Kier alpha value is 0.260. The molecule has 0 spiro atoms. The van der Waals surface area contributed by atoms with Crippen LogP contribution < -0.4 is 5.73 Å². The standard InChI is InChI=1S/C12H19ClN2S2/c1-8-6-15(7-9(2)16-8)10(5-14)11-3-4-12(13)17-11/h3-4,8-10H,5-7,14H2,1-2H3. The minimum absolute atomic E-state index is 0.332. The van der Waals surface area contributed by atoms with Crippen LogP contribution in [0.25, 0.3) is 0 Å². The number of thiophene rings is 1. The third-order valence-electron chi connectivity index (χ3n) is 3.03. The zero-order valence-electron chi connectivity index (χ0n) is 10.2. The fourth-order valence-corrected chi connectivity index (χ4v) is 4.98. The van der Waals surface area contributed by atoms with Gasteiger partial charge in [-0.2, -0.15) is 11.8 Å². The fourth-order valence-electron chi connectivity index (χ4n) is 2.42. The quantitative estimate of drug-likeness (QED) is 0.927. The zero-order chi connectivity index (χ0) is 12.4. The van der Waals surface area contributed by atoms with Crippen LogP contribution in [0, 0.1) is 0 Å². The molecule has 2 N–H and O–H groups in total. The number of thioether (sulfide) groups is 1. The van der Waals surface area contributed by atoms with E-state index in [0.29, 0.717) is 23.1 Å². The third kappa shape index (κ3) is 3.38. The smallest absolute Gasteiger partial charge is 0.0931 e. The zero-order valence-corrected chi connectivity index (χ0v) is 12.6. The average Bonchev–Trinajstić information content (AvgIpc) is 2.64. The Balaban J connectivity index is 2.12.